The van der Waals surface area contributed by atoms with Crippen molar-refractivity contribution >= 4 is 23.2 Å². The normalized spacial score (nSPS) is 14.1. The van der Waals surface area contributed by atoms with Gasteiger partial charge in [-0.25, -0.2) is 9.97 Å². The quantitative estimate of drug-likeness (QED) is 0.299. The van der Waals surface area contributed by atoms with Crippen LogP contribution in [0.2, 0.25) is 0 Å². The molecule has 1 saturated heterocycles. The second kappa shape index (κ2) is 13.1. The number of hydrogen-bond acceptors (Lipinski definition) is 8. The van der Waals surface area contributed by atoms with Crippen molar-refractivity contribution < 1.29 is 9.53 Å². The number of carbonyl (C=O) groups excluding carboxylic acids is 1. The van der Waals surface area contributed by atoms with Crippen LogP contribution in [-0.2, 0) is 11.3 Å². The lowest BCUT2D eigenvalue weighted by Gasteiger charge is -2.34. The summed E-state index contributed by atoms with van der Waals surface area (Å²) >= 11 is 0. The van der Waals surface area contributed by atoms with Crippen LogP contribution in [0.15, 0.2) is 79.3 Å². The molecule has 1 aliphatic rings. The van der Waals surface area contributed by atoms with Crippen molar-refractivity contribution in [1.29, 1.82) is 0 Å². The molecule has 40 heavy (non-hydrogen) atoms. The maximum Gasteiger partial charge on any atom is 0.262 e. The highest BCUT2D eigenvalue weighted by Crippen LogP contribution is 2.24. The van der Waals surface area contributed by atoms with Gasteiger partial charge < -0.3 is 20.3 Å². The van der Waals surface area contributed by atoms with Crippen molar-refractivity contribution in [2.45, 2.75) is 20.4 Å². The zero-order chi connectivity index (χ0) is 27.7. The van der Waals surface area contributed by atoms with E-state index in [1.807, 2.05) is 55.5 Å². The van der Waals surface area contributed by atoms with Gasteiger partial charge in [0.2, 0.25) is 5.95 Å². The maximum absolute atomic E-state index is 12.6. The Kier molecular flexibility index (Phi) is 8.95. The molecular weight excluding hydrogens is 502 g/mol. The summed E-state index contributed by atoms with van der Waals surface area (Å²) in [5, 5.41) is 6.18. The van der Waals surface area contributed by atoms with Crippen LogP contribution in [-0.4, -0.2) is 70.0 Å². The molecule has 4 aromatic rings. The summed E-state index contributed by atoms with van der Waals surface area (Å²) in [5.41, 5.74) is 5.38. The van der Waals surface area contributed by atoms with Crippen molar-refractivity contribution in [2.24, 2.45) is 0 Å². The van der Waals surface area contributed by atoms with E-state index in [1.165, 1.54) is 5.56 Å². The molecule has 1 amide bonds. The Morgan fingerprint density at radius 3 is 2.52 bits per heavy atom. The first kappa shape index (κ1) is 27.2. The monoisotopic (exact) mass is 537 g/mol. The van der Waals surface area contributed by atoms with Crippen LogP contribution in [0, 0.1) is 6.92 Å². The van der Waals surface area contributed by atoms with Crippen LogP contribution in [0.3, 0.4) is 0 Å². The molecule has 0 atom stereocenters. The van der Waals surface area contributed by atoms with Gasteiger partial charge in [0.15, 0.2) is 6.61 Å². The Morgan fingerprint density at radius 2 is 1.77 bits per heavy atom. The first-order chi connectivity index (χ1) is 19.6. The van der Waals surface area contributed by atoms with Crippen molar-refractivity contribution in [3.05, 3.63) is 90.4 Å². The van der Waals surface area contributed by atoms with Gasteiger partial charge in [-0.05, 0) is 67.1 Å². The number of ether oxygens (including phenoxy) is 1. The molecule has 206 valence electrons. The number of nitrogens with one attached hydrogen (secondary N) is 2. The third-order valence-electron chi connectivity index (χ3n) is 6.99. The summed E-state index contributed by atoms with van der Waals surface area (Å²) < 4.78 is 5.75. The van der Waals surface area contributed by atoms with E-state index in [2.05, 4.69) is 54.4 Å². The minimum Gasteiger partial charge on any atom is -0.484 e. The van der Waals surface area contributed by atoms with Gasteiger partial charge in [-0.15, -0.1) is 0 Å². The van der Waals surface area contributed by atoms with Crippen molar-refractivity contribution in [3.63, 3.8) is 0 Å². The first-order valence-corrected chi connectivity index (χ1v) is 13.6. The smallest absolute Gasteiger partial charge is 0.262 e. The van der Waals surface area contributed by atoms with Crippen LogP contribution in [0.25, 0.3) is 11.3 Å². The Hall–Kier alpha value is -4.34. The molecule has 0 radical (unpaired) electrons. The molecule has 1 aliphatic heterocycles. The molecule has 0 spiro atoms. The van der Waals surface area contributed by atoms with Gasteiger partial charge in [0.25, 0.3) is 5.91 Å². The molecule has 2 aromatic carbocycles. The third-order valence-corrected chi connectivity index (χ3v) is 6.99. The number of rotatable bonds is 10. The van der Waals surface area contributed by atoms with Gasteiger partial charge in [-0.2, -0.15) is 0 Å². The molecule has 0 bridgehead atoms. The van der Waals surface area contributed by atoms with Crippen LogP contribution >= 0.6 is 0 Å². The molecular formula is C31H35N7O2. The summed E-state index contributed by atoms with van der Waals surface area (Å²) in [6, 6.07) is 19.3. The molecule has 5 rings (SSSR count). The molecule has 9 nitrogen and oxygen atoms in total. The number of carbonyl (C=O) groups is 1. The first-order valence-electron chi connectivity index (χ1n) is 13.6. The molecule has 0 aliphatic carbocycles. The fourth-order valence-corrected chi connectivity index (χ4v) is 4.61. The molecule has 0 saturated carbocycles. The average molecular weight is 538 g/mol. The van der Waals surface area contributed by atoms with E-state index in [9.17, 15) is 4.79 Å². The van der Waals surface area contributed by atoms with E-state index in [1.54, 1.807) is 18.6 Å². The number of likely N-dealkylation sites (N-methyl/N-ethyl adjacent to an activating group) is 1. The summed E-state index contributed by atoms with van der Waals surface area (Å²) in [5.74, 6) is 0.900. The standard InChI is InChI=1S/C31H35N7O2/c1-3-37-15-17-38(18-16-37)21-24-7-10-27(11-8-24)40-22-30(39)34-26-9-6-23(2)29(19-26)36-31-33-14-12-28(35-31)25-5-4-13-32-20-25/h4-14,19-20H,3,15-18,21-22H2,1-2H3,(H,34,39)(H,33,35,36). The number of amides is 1. The molecule has 3 heterocycles. The lowest BCUT2D eigenvalue weighted by Crippen LogP contribution is -2.45. The molecule has 0 unspecified atom stereocenters. The van der Waals surface area contributed by atoms with Gasteiger partial charge in [-0.3, -0.25) is 14.7 Å². The fraction of sp³-hybridized carbons (Fsp3) is 0.290. The number of piperazine rings is 1. The Morgan fingerprint density at radius 1 is 0.975 bits per heavy atom. The number of anilines is 3. The van der Waals surface area contributed by atoms with Crippen LogP contribution in [0.4, 0.5) is 17.3 Å². The molecule has 1 fully saturated rings. The summed E-state index contributed by atoms with van der Waals surface area (Å²) in [6.45, 7) is 10.6. The third kappa shape index (κ3) is 7.40. The number of aryl methyl sites for hydroxylation is 1. The minimum absolute atomic E-state index is 0.0781. The number of hydrogen-bond donors (Lipinski definition) is 2. The molecule has 2 aromatic heterocycles. The SMILES string of the molecule is CCN1CCN(Cc2ccc(OCC(=O)Nc3ccc(C)c(Nc4nccc(-c5cccnc5)n4)c3)cc2)CC1. The highest BCUT2D eigenvalue weighted by Gasteiger charge is 2.15. The van der Waals surface area contributed by atoms with Gasteiger partial charge in [0, 0.05) is 68.3 Å². The second-order valence-corrected chi connectivity index (χ2v) is 9.85. The summed E-state index contributed by atoms with van der Waals surface area (Å²) in [6.07, 6.45) is 5.19. The highest BCUT2D eigenvalue weighted by molar-refractivity contribution is 5.92. The molecule has 2 N–H and O–H groups in total. The zero-order valence-corrected chi connectivity index (χ0v) is 23.0. The van der Waals surface area contributed by atoms with Crippen molar-refractivity contribution in [2.75, 3.05) is 50.0 Å². The largest absolute Gasteiger partial charge is 0.484 e. The van der Waals surface area contributed by atoms with E-state index in [-0.39, 0.29) is 12.5 Å². The summed E-state index contributed by atoms with van der Waals surface area (Å²) in [7, 11) is 0. The van der Waals surface area contributed by atoms with E-state index in [0.29, 0.717) is 17.4 Å². The van der Waals surface area contributed by atoms with Gasteiger partial charge in [0.05, 0.1) is 5.69 Å². The lowest BCUT2D eigenvalue weighted by molar-refractivity contribution is -0.118. The van der Waals surface area contributed by atoms with Gasteiger partial charge in [0.1, 0.15) is 5.75 Å². The average Bonchev–Trinajstić information content (AvgIpc) is 2.99. The number of pyridine rings is 1. The van der Waals surface area contributed by atoms with E-state index in [0.717, 1.165) is 61.8 Å². The van der Waals surface area contributed by atoms with Gasteiger partial charge in [-0.1, -0.05) is 25.1 Å². The predicted molar refractivity (Wildman–Crippen MR) is 158 cm³/mol. The number of nitrogens with zero attached hydrogens (tertiary/aromatic N) is 5. The fourth-order valence-electron chi connectivity index (χ4n) is 4.61. The van der Waals surface area contributed by atoms with E-state index >= 15 is 0 Å². The zero-order valence-electron chi connectivity index (χ0n) is 23.0. The maximum atomic E-state index is 12.6. The topological polar surface area (TPSA) is 95.5 Å². The van der Waals surface area contributed by atoms with Crippen molar-refractivity contribution in [3.8, 4) is 17.0 Å². The van der Waals surface area contributed by atoms with E-state index < -0.39 is 0 Å². The second-order valence-electron chi connectivity index (χ2n) is 9.85. The van der Waals surface area contributed by atoms with Gasteiger partial charge >= 0.3 is 0 Å². The Balaban J connectivity index is 1.13. The molecule has 9 heteroatoms. The number of aromatic nitrogens is 3. The van der Waals surface area contributed by atoms with Crippen LogP contribution in [0.1, 0.15) is 18.1 Å². The minimum atomic E-state index is -0.234. The lowest BCUT2D eigenvalue weighted by atomic mass is 10.1. The van der Waals surface area contributed by atoms with Crippen LogP contribution < -0.4 is 15.4 Å². The summed E-state index contributed by atoms with van der Waals surface area (Å²) in [4.78, 5) is 30.7. The van der Waals surface area contributed by atoms with Crippen molar-refractivity contribution in [1.82, 2.24) is 24.8 Å². The highest BCUT2D eigenvalue weighted by atomic mass is 16.5. The predicted octanol–water partition coefficient (Wildman–Crippen LogP) is 4.75. The number of benzene rings is 2. The van der Waals surface area contributed by atoms with Crippen LogP contribution in [0.5, 0.6) is 5.75 Å². The van der Waals surface area contributed by atoms with E-state index in [4.69, 9.17) is 4.74 Å². The Bertz CT molecular complexity index is 1410. The Labute approximate surface area is 235 Å².